The van der Waals surface area contributed by atoms with Gasteiger partial charge in [-0.15, -0.1) is 0 Å². The molecule has 1 aliphatic heterocycles. The number of benzene rings is 3. The van der Waals surface area contributed by atoms with Gasteiger partial charge in [-0.05, 0) is 79.1 Å². The number of ether oxygens (including phenoxy) is 2. The topological polar surface area (TPSA) is 67.9 Å². The maximum Gasteiger partial charge on any atom is 0.258 e. The minimum atomic E-state index is -0.231. The minimum Gasteiger partial charge on any atom is -0.497 e. The lowest BCUT2D eigenvalue weighted by Gasteiger charge is -2.23. The second-order valence-corrected chi connectivity index (χ2v) is 8.38. The number of nitrogens with zero attached hydrogens (tertiary/aromatic N) is 1. The summed E-state index contributed by atoms with van der Waals surface area (Å²) in [6, 6.07) is 20.0. The number of fused-ring (bicyclic) bond motifs is 1. The van der Waals surface area contributed by atoms with Crippen molar-refractivity contribution in [2.45, 2.75) is 25.9 Å². The zero-order chi connectivity index (χ0) is 23.4. The quantitative estimate of drug-likeness (QED) is 0.553. The molecule has 0 saturated carbocycles. The average molecular weight is 465 g/mol. The van der Waals surface area contributed by atoms with Crippen molar-refractivity contribution in [3.05, 3.63) is 88.4 Å². The van der Waals surface area contributed by atoms with Crippen LogP contribution in [0.3, 0.4) is 0 Å². The summed E-state index contributed by atoms with van der Waals surface area (Å²) in [5.74, 6) is 1.000. The van der Waals surface area contributed by atoms with Crippen LogP contribution in [-0.2, 0) is 17.8 Å². The average Bonchev–Trinajstić information content (AvgIpc) is 3.16. The number of hydrogen-bond acceptors (Lipinski definition) is 4. The van der Waals surface area contributed by atoms with Crippen LogP contribution < -0.4 is 19.7 Å². The van der Waals surface area contributed by atoms with E-state index in [0.29, 0.717) is 28.6 Å². The Bertz CT molecular complexity index is 1150. The van der Waals surface area contributed by atoms with Gasteiger partial charge in [0.25, 0.3) is 11.8 Å². The SMILES string of the molecule is COc1ccc(C(=O)N2c3cc(CNC(=O)COc4ccc(Cl)cc4)ccc3CC2C)cc1. The molecule has 1 unspecified atom stereocenters. The number of amides is 2. The second kappa shape index (κ2) is 9.96. The monoisotopic (exact) mass is 464 g/mol. The molecule has 0 spiro atoms. The van der Waals surface area contributed by atoms with Crippen LogP contribution in [0.25, 0.3) is 0 Å². The van der Waals surface area contributed by atoms with Crippen molar-refractivity contribution < 1.29 is 19.1 Å². The lowest BCUT2D eigenvalue weighted by Crippen LogP contribution is -2.35. The van der Waals surface area contributed by atoms with Crippen molar-refractivity contribution in [2.75, 3.05) is 18.6 Å². The molecule has 0 bridgehead atoms. The molecule has 170 valence electrons. The Kier molecular flexibility index (Phi) is 6.84. The second-order valence-electron chi connectivity index (χ2n) is 7.94. The summed E-state index contributed by atoms with van der Waals surface area (Å²) in [4.78, 5) is 27.3. The van der Waals surface area contributed by atoms with Crippen molar-refractivity contribution in [2.24, 2.45) is 0 Å². The summed E-state index contributed by atoms with van der Waals surface area (Å²) in [6.45, 7) is 2.29. The van der Waals surface area contributed by atoms with Crippen LogP contribution >= 0.6 is 11.6 Å². The zero-order valence-corrected chi connectivity index (χ0v) is 19.3. The third-order valence-electron chi connectivity index (χ3n) is 5.59. The molecule has 0 aliphatic carbocycles. The molecule has 0 saturated heterocycles. The van der Waals surface area contributed by atoms with Gasteiger partial charge in [0.15, 0.2) is 6.61 Å². The molecule has 33 heavy (non-hydrogen) atoms. The van der Waals surface area contributed by atoms with Crippen molar-refractivity contribution in [1.82, 2.24) is 5.32 Å². The zero-order valence-electron chi connectivity index (χ0n) is 18.5. The fourth-order valence-corrected chi connectivity index (χ4v) is 4.00. The first-order chi connectivity index (χ1) is 15.9. The van der Waals surface area contributed by atoms with E-state index in [4.69, 9.17) is 21.1 Å². The lowest BCUT2D eigenvalue weighted by molar-refractivity contribution is -0.123. The first-order valence-corrected chi connectivity index (χ1v) is 11.1. The number of halogens is 1. The summed E-state index contributed by atoms with van der Waals surface area (Å²) in [5, 5.41) is 3.47. The smallest absolute Gasteiger partial charge is 0.258 e. The molecule has 2 amide bonds. The number of carbonyl (C=O) groups excluding carboxylic acids is 2. The van der Waals surface area contributed by atoms with Gasteiger partial charge in [0.05, 0.1) is 7.11 Å². The standard InChI is InChI=1S/C26H25ClN2O4/c1-17-13-20-4-3-18(15-28-25(30)16-33-23-11-7-21(27)8-12-23)14-24(20)29(17)26(31)19-5-9-22(32-2)10-6-19/h3-12,14,17H,13,15-16H2,1-2H3,(H,28,30). The molecule has 1 aliphatic rings. The van der Waals surface area contributed by atoms with E-state index in [1.807, 2.05) is 30.0 Å². The van der Waals surface area contributed by atoms with E-state index >= 15 is 0 Å². The fourth-order valence-electron chi connectivity index (χ4n) is 3.88. The van der Waals surface area contributed by atoms with Gasteiger partial charge in [-0.3, -0.25) is 9.59 Å². The van der Waals surface area contributed by atoms with Gasteiger partial charge in [0, 0.05) is 28.9 Å². The largest absolute Gasteiger partial charge is 0.497 e. The van der Waals surface area contributed by atoms with E-state index in [2.05, 4.69) is 5.32 Å². The normalized spacial score (nSPS) is 14.5. The van der Waals surface area contributed by atoms with E-state index in [0.717, 1.165) is 23.2 Å². The van der Waals surface area contributed by atoms with Gasteiger partial charge in [-0.2, -0.15) is 0 Å². The van der Waals surface area contributed by atoms with E-state index in [1.54, 1.807) is 55.6 Å². The Morgan fingerprint density at radius 2 is 1.73 bits per heavy atom. The summed E-state index contributed by atoms with van der Waals surface area (Å²) in [5.41, 5.74) is 3.52. The van der Waals surface area contributed by atoms with Gasteiger partial charge in [-0.25, -0.2) is 0 Å². The molecular weight excluding hydrogens is 440 g/mol. The molecule has 7 heteroatoms. The van der Waals surface area contributed by atoms with Gasteiger partial charge in [-0.1, -0.05) is 23.7 Å². The predicted molar refractivity (Wildman–Crippen MR) is 128 cm³/mol. The van der Waals surface area contributed by atoms with Crippen molar-refractivity contribution in [3.8, 4) is 11.5 Å². The number of rotatable bonds is 7. The highest BCUT2D eigenvalue weighted by Gasteiger charge is 2.31. The molecule has 1 heterocycles. The maximum absolute atomic E-state index is 13.2. The Hall–Kier alpha value is -3.51. The van der Waals surface area contributed by atoms with Crippen molar-refractivity contribution in [1.29, 1.82) is 0 Å². The molecule has 6 nitrogen and oxygen atoms in total. The number of anilines is 1. The Morgan fingerprint density at radius 1 is 1.03 bits per heavy atom. The molecule has 3 aromatic rings. The molecule has 1 atom stereocenters. The van der Waals surface area contributed by atoms with Crippen LogP contribution in [0.5, 0.6) is 11.5 Å². The summed E-state index contributed by atoms with van der Waals surface area (Å²) < 4.78 is 10.7. The summed E-state index contributed by atoms with van der Waals surface area (Å²) in [7, 11) is 1.60. The van der Waals surface area contributed by atoms with Gasteiger partial charge in [0.2, 0.25) is 0 Å². The van der Waals surface area contributed by atoms with Crippen LogP contribution in [0.1, 0.15) is 28.4 Å². The highest BCUT2D eigenvalue weighted by Crippen LogP contribution is 2.34. The third-order valence-corrected chi connectivity index (χ3v) is 5.85. The van der Waals surface area contributed by atoms with E-state index in [1.165, 1.54) is 0 Å². The lowest BCUT2D eigenvalue weighted by atomic mass is 10.1. The van der Waals surface area contributed by atoms with Gasteiger partial charge < -0.3 is 19.7 Å². The van der Waals surface area contributed by atoms with Crippen molar-refractivity contribution >= 4 is 29.1 Å². The molecule has 0 fully saturated rings. The Labute approximate surface area is 198 Å². The Morgan fingerprint density at radius 3 is 2.42 bits per heavy atom. The van der Waals surface area contributed by atoms with Crippen LogP contribution in [0, 0.1) is 0 Å². The van der Waals surface area contributed by atoms with Gasteiger partial charge >= 0.3 is 0 Å². The molecule has 0 radical (unpaired) electrons. The van der Waals surface area contributed by atoms with Crippen LogP contribution in [-0.4, -0.2) is 31.6 Å². The summed E-state index contributed by atoms with van der Waals surface area (Å²) in [6.07, 6.45) is 0.790. The highest BCUT2D eigenvalue weighted by atomic mass is 35.5. The highest BCUT2D eigenvalue weighted by molar-refractivity contribution is 6.30. The van der Waals surface area contributed by atoms with Crippen LogP contribution in [0.2, 0.25) is 5.02 Å². The summed E-state index contributed by atoms with van der Waals surface area (Å²) >= 11 is 5.85. The van der Waals surface area contributed by atoms with Crippen molar-refractivity contribution in [3.63, 3.8) is 0 Å². The van der Waals surface area contributed by atoms with Gasteiger partial charge in [0.1, 0.15) is 11.5 Å². The number of methoxy groups -OCH3 is 1. The predicted octanol–water partition coefficient (Wildman–Crippen LogP) is 4.64. The molecular formula is C26H25ClN2O4. The minimum absolute atomic E-state index is 0.0484. The fraction of sp³-hybridized carbons (Fsp3) is 0.231. The van der Waals surface area contributed by atoms with Crippen LogP contribution in [0.15, 0.2) is 66.7 Å². The molecule has 0 aromatic heterocycles. The number of carbonyl (C=O) groups is 2. The molecule has 3 aromatic carbocycles. The van der Waals surface area contributed by atoms with E-state index < -0.39 is 0 Å². The van der Waals surface area contributed by atoms with Crippen LogP contribution in [0.4, 0.5) is 5.69 Å². The molecule has 4 rings (SSSR count). The molecule has 1 N–H and O–H groups in total. The number of hydrogen-bond donors (Lipinski definition) is 1. The Balaban J connectivity index is 1.40. The maximum atomic E-state index is 13.2. The first-order valence-electron chi connectivity index (χ1n) is 10.7. The number of nitrogens with one attached hydrogen (secondary N) is 1. The first kappa shape index (κ1) is 22.7. The van der Waals surface area contributed by atoms with E-state index in [-0.39, 0.29) is 24.5 Å². The van der Waals surface area contributed by atoms with E-state index in [9.17, 15) is 9.59 Å². The third kappa shape index (κ3) is 5.29.